The molecule has 0 fully saturated rings. The summed E-state index contributed by atoms with van der Waals surface area (Å²) in [6.07, 6.45) is 4.42. The van der Waals surface area contributed by atoms with E-state index in [1.165, 1.54) is 23.3 Å². The third-order valence-corrected chi connectivity index (χ3v) is 4.42. The number of furan rings is 1. The lowest BCUT2D eigenvalue weighted by Gasteiger charge is -2.12. The van der Waals surface area contributed by atoms with Crippen LogP contribution in [0, 0.1) is 6.92 Å². The molecule has 0 unspecified atom stereocenters. The number of amides is 2. The fourth-order valence-corrected chi connectivity index (χ4v) is 2.86. The van der Waals surface area contributed by atoms with Gasteiger partial charge in [0.15, 0.2) is 0 Å². The van der Waals surface area contributed by atoms with E-state index in [2.05, 4.69) is 26.2 Å². The molecule has 4 rings (SSSR count). The Hall–Kier alpha value is -4.53. The minimum absolute atomic E-state index is 0.0355. The lowest BCUT2D eigenvalue weighted by molar-refractivity contribution is -0.113. The van der Waals surface area contributed by atoms with Crippen LogP contribution in [0.25, 0.3) is 11.8 Å². The summed E-state index contributed by atoms with van der Waals surface area (Å²) in [5, 5.41) is 16.6. The van der Waals surface area contributed by atoms with Gasteiger partial charge >= 0.3 is 0 Å². The first-order valence-corrected chi connectivity index (χ1v) is 9.37. The Bertz CT molecular complexity index is 1220. The number of rotatable bonds is 6. The lowest BCUT2D eigenvalue weighted by atomic mass is 10.1. The number of aryl methyl sites for hydroxylation is 1. The van der Waals surface area contributed by atoms with Crippen LogP contribution in [-0.4, -0.2) is 32.0 Å². The number of aromatic nitrogens is 4. The van der Waals surface area contributed by atoms with Crippen molar-refractivity contribution in [2.45, 2.75) is 6.92 Å². The lowest BCUT2D eigenvalue weighted by Crippen LogP contribution is -2.30. The van der Waals surface area contributed by atoms with Crippen molar-refractivity contribution in [2.24, 2.45) is 0 Å². The van der Waals surface area contributed by atoms with Crippen molar-refractivity contribution < 1.29 is 14.0 Å². The van der Waals surface area contributed by atoms with E-state index in [0.29, 0.717) is 22.7 Å². The Morgan fingerprint density at radius 3 is 2.61 bits per heavy atom. The monoisotopic (exact) mass is 414 g/mol. The molecule has 0 aliphatic carbocycles. The predicted molar refractivity (Wildman–Crippen MR) is 113 cm³/mol. The zero-order valence-electron chi connectivity index (χ0n) is 16.5. The summed E-state index contributed by atoms with van der Waals surface area (Å²) in [5.41, 5.74) is 2.62. The molecule has 2 aromatic carbocycles. The number of hydrogen-bond donors (Lipinski definition) is 2. The SMILES string of the molecule is Cc1ccc(NC(=O)C(=Cc2ccco2)NC(=O)c2ccccc2)cc1-n1cnnn1. The molecule has 2 heterocycles. The van der Waals surface area contributed by atoms with Crippen molar-refractivity contribution in [3.63, 3.8) is 0 Å². The van der Waals surface area contributed by atoms with Gasteiger partial charge in [-0.3, -0.25) is 9.59 Å². The zero-order chi connectivity index (χ0) is 21.6. The third kappa shape index (κ3) is 4.73. The average molecular weight is 414 g/mol. The summed E-state index contributed by atoms with van der Waals surface area (Å²) in [4.78, 5) is 25.6. The summed E-state index contributed by atoms with van der Waals surface area (Å²) < 4.78 is 6.80. The van der Waals surface area contributed by atoms with Crippen molar-refractivity contribution in [1.29, 1.82) is 0 Å². The molecular formula is C22H18N6O3. The zero-order valence-corrected chi connectivity index (χ0v) is 16.5. The van der Waals surface area contributed by atoms with Crippen LogP contribution in [0.2, 0.25) is 0 Å². The second kappa shape index (κ2) is 8.87. The molecular weight excluding hydrogens is 396 g/mol. The maximum absolute atomic E-state index is 13.0. The van der Waals surface area contributed by atoms with Crippen LogP contribution in [0.5, 0.6) is 0 Å². The molecule has 9 nitrogen and oxygen atoms in total. The van der Waals surface area contributed by atoms with Gasteiger partial charge in [-0.15, -0.1) is 5.10 Å². The minimum Gasteiger partial charge on any atom is -0.465 e. The molecule has 0 aliphatic heterocycles. The Kier molecular flexibility index (Phi) is 5.66. The highest BCUT2D eigenvalue weighted by molar-refractivity contribution is 6.10. The van der Waals surface area contributed by atoms with E-state index in [0.717, 1.165) is 5.56 Å². The van der Waals surface area contributed by atoms with Gasteiger partial charge in [0.25, 0.3) is 11.8 Å². The first-order chi connectivity index (χ1) is 15.1. The van der Waals surface area contributed by atoms with Crippen molar-refractivity contribution in [2.75, 3.05) is 5.32 Å². The van der Waals surface area contributed by atoms with Gasteiger partial charge in [0.2, 0.25) is 0 Å². The van der Waals surface area contributed by atoms with Crippen molar-refractivity contribution in [1.82, 2.24) is 25.5 Å². The fraction of sp³-hybridized carbons (Fsp3) is 0.0455. The van der Waals surface area contributed by atoms with E-state index in [-0.39, 0.29) is 5.70 Å². The van der Waals surface area contributed by atoms with Crippen molar-refractivity contribution in [3.8, 4) is 5.69 Å². The normalized spacial score (nSPS) is 11.2. The smallest absolute Gasteiger partial charge is 0.272 e. The molecule has 0 atom stereocenters. The second-order valence-electron chi connectivity index (χ2n) is 6.60. The summed E-state index contributed by atoms with van der Waals surface area (Å²) in [7, 11) is 0. The van der Waals surface area contributed by atoms with E-state index in [9.17, 15) is 9.59 Å². The first kappa shape index (κ1) is 19.8. The highest BCUT2D eigenvalue weighted by Crippen LogP contribution is 2.19. The van der Waals surface area contributed by atoms with E-state index >= 15 is 0 Å². The van der Waals surface area contributed by atoms with Crippen LogP contribution < -0.4 is 10.6 Å². The van der Waals surface area contributed by atoms with E-state index < -0.39 is 11.8 Å². The largest absolute Gasteiger partial charge is 0.465 e. The van der Waals surface area contributed by atoms with Crippen LogP contribution in [0.1, 0.15) is 21.7 Å². The molecule has 0 radical (unpaired) electrons. The molecule has 4 aromatic rings. The summed E-state index contributed by atoms with van der Waals surface area (Å²) in [5.74, 6) is -0.490. The van der Waals surface area contributed by atoms with Crippen LogP contribution in [0.3, 0.4) is 0 Å². The molecule has 0 bridgehead atoms. The van der Waals surface area contributed by atoms with Crippen LogP contribution in [0.15, 0.2) is 83.4 Å². The number of anilines is 1. The molecule has 154 valence electrons. The minimum atomic E-state index is -0.507. The Morgan fingerprint density at radius 2 is 1.90 bits per heavy atom. The fourth-order valence-electron chi connectivity index (χ4n) is 2.86. The Balaban J connectivity index is 1.59. The van der Waals surface area contributed by atoms with E-state index in [4.69, 9.17) is 4.42 Å². The summed E-state index contributed by atoms with van der Waals surface area (Å²) >= 11 is 0. The number of tetrazole rings is 1. The Morgan fingerprint density at radius 1 is 1.06 bits per heavy atom. The van der Waals surface area contributed by atoms with Gasteiger partial charge < -0.3 is 15.1 Å². The van der Waals surface area contributed by atoms with E-state index in [1.807, 2.05) is 19.1 Å². The molecule has 0 saturated carbocycles. The second-order valence-corrected chi connectivity index (χ2v) is 6.60. The molecule has 9 heteroatoms. The maximum Gasteiger partial charge on any atom is 0.272 e. The summed E-state index contributed by atoms with van der Waals surface area (Å²) in [6.45, 7) is 1.91. The molecule has 2 N–H and O–H groups in total. The number of benzene rings is 2. The van der Waals surface area contributed by atoms with Crippen LogP contribution >= 0.6 is 0 Å². The van der Waals surface area contributed by atoms with Gasteiger partial charge in [-0.2, -0.15) is 0 Å². The Labute approximate surface area is 177 Å². The molecule has 0 spiro atoms. The number of hydrogen-bond acceptors (Lipinski definition) is 6. The average Bonchev–Trinajstić information content (AvgIpc) is 3.49. The highest BCUT2D eigenvalue weighted by Gasteiger charge is 2.16. The van der Waals surface area contributed by atoms with Gasteiger partial charge in [-0.05, 0) is 59.3 Å². The van der Waals surface area contributed by atoms with Gasteiger partial charge in [0.05, 0.1) is 12.0 Å². The maximum atomic E-state index is 13.0. The number of nitrogens with one attached hydrogen (secondary N) is 2. The third-order valence-electron chi connectivity index (χ3n) is 4.42. The van der Waals surface area contributed by atoms with Crippen molar-refractivity contribution >= 4 is 23.6 Å². The molecule has 31 heavy (non-hydrogen) atoms. The summed E-state index contributed by atoms with van der Waals surface area (Å²) in [6, 6.07) is 17.3. The molecule has 0 saturated heterocycles. The van der Waals surface area contributed by atoms with Gasteiger partial charge in [-0.25, -0.2) is 4.68 Å². The van der Waals surface area contributed by atoms with Gasteiger partial charge in [0.1, 0.15) is 17.8 Å². The first-order valence-electron chi connectivity index (χ1n) is 9.37. The van der Waals surface area contributed by atoms with Gasteiger partial charge in [-0.1, -0.05) is 24.3 Å². The molecule has 2 amide bonds. The van der Waals surface area contributed by atoms with Crippen molar-refractivity contribution in [3.05, 3.63) is 95.8 Å². The quantitative estimate of drug-likeness (QED) is 0.469. The number of carbonyl (C=O) groups is 2. The van der Waals surface area contributed by atoms with Crippen LogP contribution in [0.4, 0.5) is 5.69 Å². The number of nitrogens with zero attached hydrogens (tertiary/aromatic N) is 4. The van der Waals surface area contributed by atoms with Crippen LogP contribution in [-0.2, 0) is 4.79 Å². The topological polar surface area (TPSA) is 115 Å². The standard InChI is InChI=1S/C22H18N6O3/c1-15-9-10-17(12-20(15)28-14-23-26-27-28)24-22(30)19(13-18-8-5-11-31-18)25-21(29)16-6-3-2-4-7-16/h2-14H,1H3,(H,24,30)(H,25,29). The van der Waals surface area contributed by atoms with E-state index in [1.54, 1.807) is 48.5 Å². The van der Waals surface area contributed by atoms with Gasteiger partial charge in [0, 0.05) is 17.3 Å². The predicted octanol–water partition coefficient (Wildman–Crippen LogP) is 2.97. The highest BCUT2D eigenvalue weighted by atomic mass is 16.3. The number of carbonyl (C=O) groups excluding carboxylic acids is 2. The molecule has 0 aliphatic rings. The molecule has 2 aromatic heterocycles.